The quantitative estimate of drug-likeness (QED) is 0.483. The van der Waals surface area contributed by atoms with Gasteiger partial charge in [0.1, 0.15) is 0 Å². The van der Waals surface area contributed by atoms with Crippen LogP contribution in [0.25, 0.3) is 0 Å². The first-order valence-electron chi connectivity index (χ1n) is 6.69. The number of carboxylic acids is 1. The fourth-order valence-corrected chi connectivity index (χ4v) is 4.05. The van der Waals surface area contributed by atoms with Crippen LogP contribution in [-0.4, -0.2) is 34.0 Å². The maximum absolute atomic E-state index is 12.0. The van der Waals surface area contributed by atoms with Crippen LogP contribution >= 0.6 is 11.8 Å². The summed E-state index contributed by atoms with van der Waals surface area (Å²) in [5, 5.41) is 21.0. The van der Waals surface area contributed by atoms with Gasteiger partial charge in [-0.15, -0.1) is 0 Å². The van der Waals surface area contributed by atoms with E-state index >= 15 is 0 Å². The Morgan fingerprint density at radius 1 is 1.41 bits per heavy atom. The van der Waals surface area contributed by atoms with Crippen LogP contribution < -0.4 is 34.7 Å². The number of β-lactam (4-membered cyclic amide) rings is 1. The number of fused-ring (bicyclic) bond motifs is 1. The van der Waals surface area contributed by atoms with E-state index in [4.69, 9.17) is 0 Å². The Kier molecular flexibility index (Phi) is 5.40. The molecule has 1 aromatic rings. The van der Waals surface area contributed by atoms with Gasteiger partial charge >= 0.3 is 29.6 Å². The normalized spacial score (nSPS) is 24.5. The van der Waals surface area contributed by atoms with Crippen molar-refractivity contribution >= 4 is 23.6 Å². The summed E-state index contributed by atoms with van der Waals surface area (Å²) < 4.78 is 0. The fourth-order valence-electron chi connectivity index (χ4n) is 2.94. The molecule has 1 fully saturated rings. The molecule has 3 unspecified atom stereocenters. The maximum atomic E-state index is 12.0. The summed E-state index contributed by atoms with van der Waals surface area (Å²) in [4.78, 5) is 26.2. The van der Waals surface area contributed by atoms with E-state index in [1.54, 1.807) is 6.92 Å². The third kappa shape index (κ3) is 2.86. The molecule has 0 aliphatic carbocycles. The van der Waals surface area contributed by atoms with E-state index in [2.05, 4.69) is 0 Å². The van der Waals surface area contributed by atoms with Crippen molar-refractivity contribution in [3.8, 4) is 0 Å². The van der Waals surface area contributed by atoms with Crippen LogP contribution in [0.3, 0.4) is 0 Å². The molecule has 22 heavy (non-hydrogen) atoms. The molecule has 2 aliphatic heterocycles. The SMILES string of the molecule is CC(O)C1C(=O)N2C(C(=O)[O-])=C(Sc3ccccc3)CC12.[Na+]. The average Bonchev–Trinajstić information content (AvgIpc) is 2.74. The van der Waals surface area contributed by atoms with Crippen molar-refractivity contribution < 1.29 is 49.4 Å². The molecule has 0 aromatic heterocycles. The summed E-state index contributed by atoms with van der Waals surface area (Å²) in [5.74, 6) is -2.19. The van der Waals surface area contributed by atoms with Crippen LogP contribution in [-0.2, 0) is 9.59 Å². The second-order valence-electron chi connectivity index (χ2n) is 5.22. The number of nitrogens with zero attached hydrogens (tertiary/aromatic N) is 1. The minimum absolute atomic E-state index is 0. The van der Waals surface area contributed by atoms with Crippen LogP contribution in [0.4, 0.5) is 0 Å². The molecule has 7 heteroatoms. The molecule has 2 heterocycles. The van der Waals surface area contributed by atoms with Crippen molar-refractivity contribution in [1.29, 1.82) is 0 Å². The van der Waals surface area contributed by atoms with Crippen molar-refractivity contribution in [2.75, 3.05) is 0 Å². The van der Waals surface area contributed by atoms with Crippen LogP contribution in [0.1, 0.15) is 13.3 Å². The number of hydrogen-bond acceptors (Lipinski definition) is 5. The van der Waals surface area contributed by atoms with Crippen LogP contribution in [0, 0.1) is 5.92 Å². The molecular weight excluding hydrogens is 313 g/mol. The number of carboxylic acid groups (broad SMARTS) is 1. The van der Waals surface area contributed by atoms with E-state index in [0.29, 0.717) is 11.3 Å². The predicted octanol–water partition coefficient (Wildman–Crippen LogP) is -2.64. The number of carbonyl (C=O) groups is 2. The molecular formula is C15H14NNaO4S. The number of aliphatic hydroxyl groups excluding tert-OH is 1. The van der Waals surface area contributed by atoms with Gasteiger partial charge in [-0.05, 0) is 19.1 Å². The molecule has 0 spiro atoms. The minimum Gasteiger partial charge on any atom is -0.543 e. The topological polar surface area (TPSA) is 80.7 Å². The molecule has 1 amide bonds. The van der Waals surface area contributed by atoms with Crippen LogP contribution in [0.2, 0.25) is 0 Å². The zero-order valence-electron chi connectivity index (χ0n) is 12.4. The monoisotopic (exact) mass is 327 g/mol. The molecule has 0 bridgehead atoms. The number of hydrogen-bond donors (Lipinski definition) is 1. The van der Waals surface area contributed by atoms with E-state index in [9.17, 15) is 19.8 Å². The van der Waals surface area contributed by atoms with Gasteiger partial charge in [-0.3, -0.25) is 4.79 Å². The van der Waals surface area contributed by atoms with Gasteiger partial charge in [-0.2, -0.15) is 0 Å². The molecule has 1 saturated heterocycles. The largest absolute Gasteiger partial charge is 1.00 e. The minimum atomic E-state index is -1.34. The van der Waals surface area contributed by atoms with E-state index in [1.807, 2.05) is 30.3 Å². The first-order valence-corrected chi connectivity index (χ1v) is 7.51. The Labute approximate surface area is 154 Å². The van der Waals surface area contributed by atoms with Gasteiger partial charge in [0.2, 0.25) is 5.91 Å². The van der Waals surface area contributed by atoms with E-state index < -0.39 is 18.0 Å². The number of carbonyl (C=O) groups excluding carboxylic acids is 2. The Balaban J connectivity index is 0.00000176. The Morgan fingerprint density at radius 2 is 2.05 bits per heavy atom. The first-order chi connectivity index (χ1) is 10.0. The van der Waals surface area contributed by atoms with Crippen LogP contribution in [0.5, 0.6) is 0 Å². The number of benzene rings is 1. The van der Waals surface area contributed by atoms with Crippen molar-refractivity contribution in [2.45, 2.75) is 30.4 Å². The molecule has 0 radical (unpaired) electrons. The number of aliphatic hydroxyl groups is 1. The van der Waals surface area contributed by atoms with Gasteiger partial charge < -0.3 is 19.9 Å². The fraction of sp³-hybridized carbons (Fsp3) is 0.333. The van der Waals surface area contributed by atoms with Crippen molar-refractivity contribution in [3.63, 3.8) is 0 Å². The molecule has 110 valence electrons. The van der Waals surface area contributed by atoms with Crippen molar-refractivity contribution in [3.05, 3.63) is 40.9 Å². The second-order valence-corrected chi connectivity index (χ2v) is 6.39. The van der Waals surface area contributed by atoms with Crippen molar-refractivity contribution in [1.82, 2.24) is 4.90 Å². The van der Waals surface area contributed by atoms with E-state index in [0.717, 1.165) is 4.90 Å². The average molecular weight is 327 g/mol. The Hall–Kier alpha value is -0.790. The van der Waals surface area contributed by atoms with Crippen LogP contribution in [0.15, 0.2) is 45.8 Å². The van der Waals surface area contributed by atoms with Crippen molar-refractivity contribution in [2.24, 2.45) is 5.92 Å². The number of amides is 1. The predicted molar refractivity (Wildman–Crippen MR) is 74.8 cm³/mol. The zero-order chi connectivity index (χ0) is 15.1. The molecule has 2 aliphatic rings. The van der Waals surface area contributed by atoms with Gasteiger partial charge in [0, 0.05) is 16.2 Å². The summed E-state index contributed by atoms with van der Waals surface area (Å²) >= 11 is 1.33. The first kappa shape index (κ1) is 17.6. The van der Waals surface area contributed by atoms with Gasteiger partial charge in [0.05, 0.1) is 29.7 Å². The summed E-state index contributed by atoms with van der Waals surface area (Å²) in [6.45, 7) is 1.56. The Bertz CT molecular complexity index is 632. The van der Waals surface area contributed by atoms with Gasteiger partial charge in [-0.1, -0.05) is 30.0 Å². The molecule has 1 aromatic carbocycles. The van der Waals surface area contributed by atoms with Gasteiger partial charge in [0.25, 0.3) is 0 Å². The maximum Gasteiger partial charge on any atom is 1.00 e. The smallest absolute Gasteiger partial charge is 0.543 e. The zero-order valence-corrected chi connectivity index (χ0v) is 15.2. The second kappa shape index (κ2) is 6.76. The third-order valence-corrected chi connectivity index (χ3v) is 4.98. The molecule has 1 N–H and O–H groups in total. The number of rotatable bonds is 4. The van der Waals surface area contributed by atoms with Gasteiger partial charge in [-0.25, -0.2) is 0 Å². The summed E-state index contributed by atoms with van der Waals surface area (Å²) in [6.07, 6.45) is -0.327. The standard InChI is InChI=1S/C15H15NO4S.Na/c1-8(17)12-10-7-11(21-9-5-3-2-4-6-9)13(15(19)20)16(10)14(12)18;/h2-6,8,10,12,17H,7H2,1H3,(H,19,20);/q;+1/p-1. The summed E-state index contributed by atoms with van der Waals surface area (Å²) in [6, 6.07) is 9.12. The Morgan fingerprint density at radius 3 is 2.59 bits per heavy atom. The summed E-state index contributed by atoms with van der Waals surface area (Å²) in [5.41, 5.74) is -0.0456. The molecule has 3 atom stereocenters. The third-order valence-electron chi connectivity index (χ3n) is 3.87. The van der Waals surface area contributed by atoms with E-state index in [-0.39, 0.29) is 47.2 Å². The molecule has 0 saturated carbocycles. The van der Waals surface area contributed by atoms with Gasteiger partial charge in [0.15, 0.2) is 0 Å². The van der Waals surface area contributed by atoms with E-state index in [1.165, 1.54) is 16.7 Å². The number of thioether (sulfide) groups is 1. The summed E-state index contributed by atoms with van der Waals surface area (Å²) in [7, 11) is 0. The molecule has 3 rings (SSSR count). The molecule has 5 nitrogen and oxygen atoms in total. The number of aliphatic carboxylic acids is 1.